The molecule has 110 valence electrons. The number of nitrogens with one attached hydrogen (secondary N) is 2. The maximum absolute atomic E-state index is 11.9. The first kappa shape index (κ1) is 17.2. The first-order valence-corrected chi connectivity index (χ1v) is 6.99. The second-order valence-corrected chi connectivity index (χ2v) is 5.24. The van der Waals surface area contributed by atoms with Crippen LogP contribution < -0.4 is 10.6 Å². The Morgan fingerprint density at radius 2 is 2.25 bits per heavy atom. The van der Waals surface area contributed by atoms with Gasteiger partial charge in [-0.3, -0.25) is 9.79 Å². The highest BCUT2D eigenvalue weighted by molar-refractivity contribution is 14.0. The third kappa shape index (κ3) is 4.93. The average molecular weight is 453 g/mol. The molecule has 5 nitrogen and oxygen atoms in total. The number of carbonyl (C=O) groups is 1. The monoisotopic (exact) mass is 452 g/mol. The van der Waals surface area contributed by atoms with E-state index in [0.29, 0.717) is 18.7 Å². The lowest BCUT2D eigenvalue weighted by Gasteiger charge is -2.15. The molecule has 1 aliphatic heterocycles. The molecule has 0 radical (unpaired) electrons. The molecule has 0 unspecified atom stereocenters. The van der Waals surface area contributed by atoms with Gasteiger partial charge in [0.2, 0.25) is 0 Å². The van der Waals surface area contributed by atoms with Crippen LogP contribution in [0.25, 0.3) is 0 Å². The summed E-state index contributed by atoms with van der Waals surface area (Å²) in [4.78, 5) is 18.2. The van der Waals surface area contributed by atoms with Crippen LogP contribution in [0.5, 0.6) is 0 Å². The Balaban J connectivity index is 0.00000200. The van der Waals surface area contributed by atoms with Crippen LogP contribution in [0.3, 0.4) is 0 Å². The van der Waals surface area contributed by atoms with Gasteiger partial charge in [0, 0.05) is 36.7 Å². The molecular formula is C13H18BrIN4O. The van der Waals surface area contributed by atoms with E-state index in [1.807, 2.05) is 19.2 Å². The summed E-state index contributed by atoms with van der Waals surface area (Å²) < 4.78 is 0.903. The average Bonchev–Trinajstić information content (AvgIpc) is 2.80. The van der Waals surface area contributed by atoms with E-state index < -0.39 is 0 Å². The van der Waals surface area contributed by atoms with E-state index in [2.05, 4.69) is 36.5 Å². The first-order chi connectivity index (χ1) is 9.16. The van der Waals surface area contributed by atoms with Gasteiger partial charge in [-0.25, -0.2) is 0 Å². The zero-order valence-corrected chi connectivity index (χ0v) is 15.1. The van der Waals surface area contributed by atoms with Crippen molar-refractivity contribution in [3.8, 4) is 0 Å². The molecule has 0 aliphatic carbocycles. The summed E-state index contributed by atoms with van der Waals surface area (Å²) in [5, 5.41) is 6.07. The van der Waals surface area contributed by atoms with E-state index in [-0.39, 0.29) is 29.9 Å². The molecule has 1 aliphatic rings. The summed E-state index contributed by atoms with van der Waals surface area (Å²) in [6.07, 6.45) is 0. The molecule has 7 heteroatoms. The highest BCUT2D eigenvalue weighted by Gasteiger charge is 2.11. The van der Waals surface area contributed by atoms with E-state index in [9.17, 15) is 4.79 Å². The van der Waals surface area contributed by atoms with Gasteiger partial charge in [0.15, 0.2) is 5.96 Å². The molecular weight excluding hydrogens is 435 g/mol. The second kappa shape index (κ2) is 8.46. The zero-order valence-electron chi connectivity index (χ0n) is 11.2. The van der Waals surface area contributed by atoms with Crippen molar-refractivity contribution in [2.24, 2.45) is 4.99 Å². The Morgan fingerprint density at radius 1 is 1.45 bits per heavy atom. The Morgan fingerprint density at radius 3 is 2.90 bits per heavy atom. The molecule has 20 heavy (non-hydrogen) atoms. The van der Waals surface area contributed by atoms with Crippen LogP contribution in [-0.4, -0.2) is 50.0 Å². The van der Waals surface area contributed by atoms with Crippen molar-refractivity contribution in [2.45, 2.75) is 0 Å². The molecule has 0 aromatic heterocycles. The van der Waals surface area contributed by atoms with Crippen LogP contribution in [0.15, 0.2) is 33.7 Å². The number of rotatable bonds is 4. The number of amides is 1. The quantitative estimate of drug-likeness (QED) is 0.540. The molecule has 0 bridgehead atoms. The smallest absolute Gasteiger partial charge is 0.251 e. The van der Waals surface area contributed by atoms with E-state index >= 15 is 0 Å². The number of nitrogens with zero attached hydrogens (tertiary/aromatic N) is 2. The Bertz CT molecular complexity index is 495. The van der Waals surface area contributed by atoms with E-state index in [1.54, 1.807) is 12.1 Å². The number of aliphatic imine (C=N–C) groups is 1. The van der Waals surface area contributed by atoms with Gasteiger partial charge in [-0.2, -0.15) is 0 Å². The van der Waals surface area contributed by atoms with Crippen molar-refractivity contribution in [1.82, 2.24) is 15.5 Å². The molecule has 0 saturated carbocycles. The maximum Gasteiger partial charge on any atom is 0.251 e. The van der Waals surface area contributed by atoms with Crippen molar-refractivity contribution in [1.29, 1.82) is 0 Å². The Hall–Kier alpha value is -0.830. The first-order valence-electron chi connectivity index (χ1n) is 6.20. The predicted molar refractivity (Wildman–Crippen MR) is 94.8 cm³/mol. The summed E-state index contributed by atoms with van der Waals surface area (Å²) in [6, 6.07) is 7.34. The lowest BCUT2D eigenvalue weighted by atomic mass is 10.2. The van der Waals surface area contributed by atoms with E-state index in [0.717, 1.165) is 23.5 Å². The van der Waals surface area contributed by atoms with Crippen LogP contribution in [0, 0.1) is 0 Å². The number of carbonyl (C=O) groups excluding carboxylic acids is 1. The molecule has 0 spiro atoms. The van der Waals surface area contributed by atoms with Gasteiger partial charge < -0.3 is 15.5 Å². The lowest BCUT2D eigenvalue weighted by Crippen LogP contribution is -2.40. The predicted octanol–water partition coefficient (Wildman–Crippen LogP) is 1.69. The summed E-state index contributed by atoms with van der Waals surface area (Å²) in [5.74, 6) is 0.835. The highest BCUT2D eigenvalue weighted by atomic mass is 127. The number of hydrogen-bond donors (Lipinski definition) is 2. The normalized spacial score (nSPS) is 13.5. The number of benzene rings is 1. The molecule has 0 atom stereocenters. The maximum atomic E-state index is 11.9. The van der Waals surface area contributed by atoms with Crippen molar-refractivity contribution < 1.29 is 4.79 Å². The van der Waals surface area contributed by atoms with Crippen LogP contribution in [0.4, 0.5) is 0 Å². The van der Waals surface area contributed by atoms with Crippen molar-refractivity contribution in [3.05, 3.63) is 34.3 Å². The fourth-order valence-electron chi connectivity index (χ4n) is 1.81. The molecule has 1 heterocycles. The fraction of sp³-hybridized carbons (Fsp3) is 0.385. The minimum atomic E-state index is -0.0650. The molecule has 0 fully saturated rings. The third-order valence-corrected chi connectivity index (χ3v) is 3.33. The van der Waals surface area contributed by atoms with E-state index in [4.69, 9.17) is 0 Å². The van der Waals surface area contributed by atoms with Gasteiger partial charge in [0.1, 0.15) is 0 Å². The SMILES string of the molecule is CN1CCN=C1NCCNC(=O)c1cccc(Br)c1.I. The summed E-state index contributed by atoms with van der Waals surface area (Å²) >= 11 is 3.35. The summed E-state index contributed by atoms with van der Waals surface area (Å²) in [7, 11) is 2.00. The van der Waals surface area contributed by atoms with Crippen LogP contribution >= 0.6 is 39.9 Å². The van der Waals surface area contributed by atoms with Gasteiger partial charge in [-0.1, -0.05) is 22.0 Å². The molecule has 2 N–H and O–H groups in total. The number of hydrogen-bond acceptors (Lipinski definition) is 4. The lowest BCUT2D eigenvalue weighted by molar-refractivity contribution is 0.0954. The molecule has 1 aromatic rings. The minimum absolute atomic E-state index is 0. The van der Waals surface area contributed by atoms with Crippen molar-refractivity contribution in [2.75, 3.05) is 33.2 Å². The standard InChI is InChI=1S/C13H17BrN4O.HI/c1-18-8-7-17-13(18)16-6-5-15-12(19)10-3-2-4-11(14)9-10;/h2-4,9H,5-8H2,1H3,(H,15,19)(H,16,17);1H. The number of likely N-dealkylation sites (N-methyl/N-ethyl adjacent to an activating group) is 1. The largest absolute Gasteiger partial charge is 0.354 e. The Labute approximate surface area is 144 Å². The zero-order chi connectivity index (χ0) is 13.7. The van der Waals surface area contributed by atoms with Gasteiger partial charge in [0.05, 0.1) is 6.54 Å². The number of guanidine groups is 1. The molecule has 1 aromatic carbocycles. The highest BCUT2D eigenvalue weighted by Crippen LogP contribution is 2.11. The summed E-state index contributed by atoms with van der Waals surface area (Å²) in [5.41, 5.74) is 0.657. The second-order valence-electron chi connectivity index (χ2n) is 4.32. The Kier molecular flexibility index (Phi) is 7.28. The van der Waals surface area contributed by atoms with Crippen molar-refractivity contribution >= 4 is 51.8 Å². The van der Waals surface area contributed by atoms with Crippen LogP contribution in [0.2, 0.25) is 0 Å². The van der Waals surface area contributed by atoms with Gasteiger partial charge >= 0.3 is 0 Å². The van der Waals surface area contributed by atoms with Crippen LogP contribution in [0.1, 0.15) is 10.4 Å². The minimum Gasteiger partial charge on any atom is -0.354 e. The van der Waals surface area contributed by atoms with Gasteiger partial charge in [-0.15, -0.1) is 24.0 Å². The fourth-order valence-corrected chi connectivity index (χ4v) is 2.20. The van der Waals surface area contributed by atoms with Gasteiger partial charge in [0.25, 0.3) is 5.91 Å². The van der Waals surface area contributed by atoms with Crippen LogP contribution in [-0.2, 0) is 0 Å². The third-order valence-electron chi connectivity index (χ3n) is 2.84. The molecule has 2 rings (SSSR count). The van der Waals surface area contributed by atoms with Gasteiger partial charge in [-0.05, 0) is 18.2 Å². The van der Waals surface area contributed by atoms with E-state index in [1.165, 1.54) is 0 Å². The molecule has 1 amide bonds. The topological polar surface area (TPSA) is 56.7 Å². The number of halogens is 2. The molecule has 0 saturated heterocycles. The van der Waals surface area contributed by atoms with Crippen molar-refractivity contribution in [3.63, 3.8) is 0 Å². The summed E-state index contributed by atoms with van der Waals surface area (Å²) in [6.45, 7) is 3.02.